The second-order valence-corrected chi connectivity index (χ2v) is 12.9. The number of amides is 1. The van der Waals surface area contributed by atoms with Gasteiger partial charge in [0.25, 0.3) is 5.91 Å². The Bertz CT molecular complexity index is 1870. The molecule has 0 radical (unpaired) electrons. The lowest BCUT2D eigenvalue weighted by atomic mass is 10.0. The average molecular weight is 715 g/mol. The first-order valence-corrected chi connectivity index (χ1v) is 17.6. The topological polar surface area (TPSA) is 103 Å². The number of ether oxygens (including phenoxy) is 2. The number of unbranched alkanes of at least 4 members (excludes halogenated alkanes) is 2. The number of carboxylic acids is 1. The third-order valence-corrected chi connectivity index (χ3v) is 8.78. The Labute approximate surface area is 303 Å². The molecule has 2 N–H and O–H groups in total. The fourth-order valence-corrected chi connectivity index (χ4v) is 5.90. The molecule has 5 aromatic rings. The monoisotopic (exact) mass is 713 g/mol. The molecule has 0 unspecified atom stereocenters. The minimum atomic E-state index is -0.967. The summed E-state index contributed by atoms with van der Waals surface area (Å²) in [6.07, 6.45) is 6.39. The second kappa shape index (κ2) is 17.7. The molecule has 0 aliphatic carbocycles. The highest BCUT2D eigenvalue weighted by atomic mass is 35.5. The molecule has 0 fully saturated rings. The van der Waals surface area contributed by atoms with E-state index < -0.39 is 12.0 Å². The Morgan fingerprint density at radius 1 is 0.820 bits per heavy atom. The molecule has 1 heterocycles. The standard InChI is InChI=1S/C40H41Cl2N3O5/c1-3-5-21-45-25-37(34-20-15-31(41)24-35(34)42)43-38(45)36(44-39(46)29-13-18-32(19-14-29)49-22-6-4-2)23-27-9-16-33(17-10-27)50-26-28-7-11-30(12-8-28)40(47)48/h7-20,24-25,36H,3-6,21-23,26H2,1-2H3,(H,44,46)(H,47,48)/t36-/m0/s1. The maximum Gasteiger partial charge on any atom is 0.335 e. The van der Waals surface area contributed by atoms with Crippen LogP contribution in [0.4, 0.5) is 0 Å². The van der Waals surface area contributed by atoms with E-state index in [1.54, 1.807) is 48.5 Å². The summed E-state index contributed by atoms with van der Waals surface area (Å²) in [5, 5.41) is 13.4. The van der Waals surface area contributed by atoms with Crippen molar-refractivity contribution in [1.29, 1.82) is 0 Å². The van der Waals surface area contributed by atoms with Gasteiger partial charge in [-0.2, -0.15) is 0 Å². The van der Waals surface area contributed by atoms with Crippen LogP contribution in [0.5, 0.6) is 11.5 Å². The maximum atomic E-state index is 13.7. The zero-order chi connectivity index (χ0) is 35.5. The van der Waals surface area contributed by atoms with Crippen LogP contribution in [0.2, 0.25) is 10.0 Å². The molecule has 0 saturated heterocycles. The summed E-state index contributed by atoms with van der Waals surface area (Å²) in [6.45, 7) is 5.90. The molecule has 0 bridgehead atoms. The van der Waals surface area contributed by atoms with Gasteiger partial charge in [-0.3, -0.25) is 4.79 Å². The van der Waals surface area contributed by atoms with Crippen LogP contribution in [0.1, 0.15) is 83.2 Å². The molecule has 0 aliphatic heterocycles. The Balaban J connectivity index is 1.40. The molecule has 260 valence electrons. The van der Waals surface area contributed by atoms with E-state index in [0.29, 0.717) is 46.7 Å². The number of halogens is 2. The highest BCUT2D eigenvalue weighted by Crippen LogP contribution is 2.32. The first-order chi connectivity index (χ1) is 24.2. The molecule has 50 heavy (non-hydrogen) atoms. The molecular weight excluding hydrogens is 673 g/mol. The van der Waals surface area contributed by atoms with E-state index in [-0.39, 0.29) is 11.5 Å². The summed E-state index contributed by atoms with van der Waals surface area (Å²) < 4.78 is 13.9. The predicted molar refractivity (Wildman–Crippen MR) is 198 cm³/mol. The van der Waals surface area contributed by atoms with Crippen LogP contribution in [0, 0.1) is 0 Å². The van der Waals surface area contributed by atoms with Crippen LogP contribution in [0.25, 0.3) is 11.3 Å². The van der Waals surface area contributed by atoms with Crippen LogP contribution in [0.3, 0.4) is 0 Å². The van der Waals surface area contributed by atoms with Gasteiger partial charge in [0.15, 0.2) is 0 Å². The number of rotatable bonds is 17. The van der Waals surface area contributed by atoms with Crippen molar-refractivity contribution in [3.8, 4) is 22.8 Å². The molecule has 1 amide bonds. The Morgan fingerprint density at radius 2 is 1.46 bits per heavy atom. The van der Waals surface area contributed by atoms with Gasteiger partial charge < -0.3 is 24.5 Å². The van der Waals surface area contributed by atoms with Crippen molar-refractivity contribution in [3.63, 3.8) is 0 Å². The van der Waals surface area contributed by atoms with Crippen LogP contribution in [-0.4, -0.2) is 33.1 Å². The smallest absolute Gasteiger partial charge is 0.335 e. The SMILES string of the molecule is CCCCOc1ccc(C(=O)N[C@@H](Cc2ccc(OCc3ccc(C(=O)O)cc3)cc2)c2nc(-c3ccc(Cl)cc3Cl)cn2CCCC)cc1. The predicted octanol–water partition coefficient (Wildman–Crippen LogP) is 9.83. The van der Waals surface area contributed by atoms with Crippen molar-refractivity contribution in [3.05, 3.63) is 135 Å². The first kappa shape index (κ1) is 36.5. The third-order valence-electron chi connectivity index (χ3n) is 8.24. The molecule has 8 nitrogen and oxygen atoms in total. The van der Waals surface area contributed by atoms with Gasteiger partial charge in [0.05, 0.1) is 28.9 Å². The van der Waals surface area contributed by atoms with E-state index in [2.05, 4.69) is 23.7 Å². The number of carboxylic acid groups (broad SMARTS) is 1. The van der Waals surface area contributed by atoms with Crippen molar-refractivity contribution < 1.29 is 24.2 Å². The summed E-state index contributed by atoms with van der Waals surface area (Å²) in [5.41, 5.74) is 4.04. The summed E-state index contributed by atoms with van der Waals surface area (Å²) in [4.78, 5) is 30.0. The lowest BCUT2D eigenvalue weighted by Gasteiger charge is -2.20. The normalized spacial score (nSPS) is 11.6. The fourth-order valence-electron chi connectivity index (χ4n) is 5.40. The number of hydrogen-bond donors (Lipinski definition) is 2. The summed E-state index contributed by atoms with van der Waals surface area (Å²) >= 11 is 12.8. The van der Waals surface area contributed by atoms with Crippen molar-refractivity contribution >= 4 is 35.1 Å². The number of nitrogens with zero attached hydrogens (tertiary/aromatic N) is 2. The van der Waals surface area contributed by atoms with E-state index in [4.69, 9.17) is 42.8 Å². The number of hydrogen-bond acceptors (Lipinski definition) is 5. The first-order valence-electron chi connectivity index (χ1n) is 16.8. The van der Waals surface area contributed by atoms with E-state index in [1.165, 1.54) is 0 Å². The molecule has 4 aromatic carbocycles. The summed E-state index contributed by atoms with van der Waals surface area (Å²) in [6, 6.07) is 26.4. The van der Waals surface area contributed by atoms with Crippen LogP contribution in [0.15, 0.2) is 97.2 Å². The summed E-state index contributed by atoms with van der Waals surface area (Å²) in [7, 11) is 0. The number of carbonyl (C=O) groups excluding carboxylic acids is 1. The molecule has 0 spiro atoms. The Hall–Kier alpha value is -4.79. The van der Waals surface area contributed by atoms with Gasteiger partial charge in [-0.05, 0) is 97.1 Å². The second-order valence-electron chi connectivity index (χ2n) is 12.0. The van der Waals surface area contributed by atoms with Crippen LogP contribution >= 0.6 is 23.2 Å². The molecule has 10 heteroatoms. The number of aromatic nitrogens is 2. The quantitative estimate of drug-likeness (QED) is 0.0930. The highest BCUT2D eigenvalue weighted by molar-refractivity contribution is 6.36. The van der Waals surface area contributed by atoms with E-state index in [1.807, 2.05) is 48.7 Å². The number of aryl methyl sites for hydroxylation is 1. The number of imidazole rings is 1. The van der Waals surface area contributed by atoms with E-state index in [9.17, 15) is 9.59 Å². The van der Waals surface area contributed by atoms with Gasteiger partial charge >= 0.3 is 5.97 Å². The molecule has 0 aliphatic rings. The van der Waals surface area contributed by atoms with Gasteiger partial charge in [0.2, 0.25) is 0 Å². The van der Waals surface area contributed by atoms with Crippen molar-refractivity contribution in [2.75, 3.05) is 6.61 Å². The Kier molecular flexibility index (Phi) is 12.9. The number of nitrogens with one attached hydrogen (secondary N) is 1. The Morgan fingerprint density at radius 3 is 2.12 bits per heavy atom. The highest BCUT2D eigenvalue weighted by Gasteiger charge is 2.24. The molecular formula is C40H41Cl2N3O5. The third kappa shape index (κ3) is 9.89. The van der Waals surface area contributed by atoms with Crippen LogP contribution < -0.4 is 14.8 Å². The van der Waals surface area contributed by atoms with Gasteiger partial charge in [-0.1, -0.05) is 74.2 Å². The molecule has 1 atom stereocenters. The lowest BCUT2D eigenvalue weighted by Crippen LogP contribution is -2.32. The van der Waals surface area contributed by atoms with Crippen LogP contribution in [-0.2, 0) is 19.6 Å². The lowest BCUT2D eigenvalue weighted by molar-refractivity contribution is 0.0696. The van der Waals surface area contributed by atoms with E-state index >= 15 is 0 Å². The van der Waals surface area contributed by atoms with Gasteiger partial charge in [-0.15, -0.1) is 0 Å². The van der Waals surface area contributed by atoms with Gasteiger partial charge in [-0.25, -0.2) is 9.78 Å². The largest absolute Gasteiger partial charge is 0.494 e. The number of benzene rings is 4. The average Bonchev–Trinajstić information content (AvgIpc) is 3.54. The van der Waals surface area contributed by atoms with Crippen molar-refractivity contribution in [1.82, 2.24) is 14.9 Å². The van der Waals surface area contributed by atoms with Gasteiger partial charge in [0.1, 0.15) is 23.9 Å². The van der Waals surface area contributed by atoms with Crippen molar-refractivity contribution in [2.24, 2.45) is 0 Å². The maximum absolute atomic E-state index is 13.7. The molecule has 0 saturated carbocycles. The molecule has 1 aromatic heterocycles. The van der Waals surface area contributed by atoms with E-state index in [0.717, 1.165) is 60.5 Å². The zero-order valence-corrected chi connectivity index (χ0v) is 29.7. The number of carbonyl (C=O) groups is 2. The molecule has 5 rings (SSSR count). The van der Waals surface area contributed by atoms with Gasteiger partial charge in [0, 0.05) is 28.9 Å². The number of aromatic carboxylic acids is 1. The van der Waals surface area contributed by atoms with Crippen molar-refractivity contribution in [2.45, 2.75) is 65.1 Å². The minimum Gasteiger partial charge on any atom is -0.494 e. The zero-order valence-electron chi connectivity index (χ0n) is 28.2. The fraction of sp³-hybridized carbons (Fsp3) is 0.275. The minimum absolute atomic E-state index is 0.222. The summed E-state index contributed by atoms with van der Waals surface area (Å²) in [5.74, 6) is 0.927.